The molecular weight excluding hydrogens is 301 g/mol. The molecule has 1 N–H and O–H groups in total. The first-order valence-corrected chi connectivity index (χ1v) is 6.01. The molecule has 0 fully saturated rings. The van der Waals surface area contributed by atoms with Crippen LogP contribution in [0.5, 0.6) is 0 Å². The van der Waals surface area contributed by atoms with Crippen LogP contribution in [-0.4, -0.2) is 10.8 Å². The van der Waals surface area contributed by atoms with Gasteiger partial charge in [0.15, 0.2) is 10.4 Å². The smallest absolute Gasteiger partial charge is 0.230 e. The minimum absolute atomic E-state index is 0.237. The minimum atomic E-state index is -0.343. The molecule has 0 amide bonds. The molecule has 0 atom stereocenters. The third-order valence-corrected chi connectivity index (χ3v) is 3.11. The fourth-order valence-corrected chi connectivity index (χ4v) is 2.16. The molecule has 2 aromatic heterocycles. The maximum absolute atomic E-state index is 13.0. The van der Waals surface area contributed by atoms with Gasteiger partial charge in [-0.15, -0.1) is 0 Å². The Bertz CT molecular complexity index is 744. The number of benzene rings is 1. The fraction of sp³-hybridized carbons (Fsp3) is 0. The van der Waals surface area contributed by atoms with Crippen LogP contribution >= 0.6 is 15.9 Å². The van der Waals surface area contributed by atoms with Crippen molar-refractivity contribution in [3.05, 3.63) is 58.3 Å². The van der Waals surface area contributed by atoms with Crippen LogP contribution in [0.1, 0.15) is 16.1 Å². The minimum Gasteiger partial charge on any atom is -0.446 e. The molecule has 0 aliphatic rings. The summed E-state index contributed by atoms with van der Waals surface area (Å²) in [7, 11) is 0. The van der Waals surface area contributed by atoms with E-state index in [0.29, 0.717) is 21.1 Å². The van der Waals surface area contributed by atoms with E-state index in [1.807, 2.05) is 0 Å². The van der Waals surface area contributed by atoms with Gasteiger partial charge in [0.25, 0.3) is 0 Å². The lowest BCUT2D eigenvalue weighted by atomic mass is 10.1. The molecule has 3 aromatic rings. The highest BCUT2D eigenvalue weighted by Gasteiger charge is 2.17. The molecule has 90 valence electrons. The van der Waals surface area contributed by atoms with Crippen LogP contribution in [0.4, 0.5) is 4.39 Å². The molecule has 0 saturated heterocycles. The van der Waals surface area contributed by atoms with Gasteiger partial charge in [-0.1, -0.05) is 0 Å². The van der Waals surface area contributed by atoms with Gasteiger partial charge in [0.2, 0.25) is 5.78 Å². The molecule has 0 spiro atoms. The summed E-state index contributed by atoms with van der Waals surface area (Å²) in [5.41, 5.74) is 1.05. The van der Waals surface area contributed by atoms with E-state index in [1.54, 1.807) is 24.4 Å². The average molecular weight is 308 g/mol. The maximum atomic E-state index is 13.0. The average Bonchev–Trinajstić information content (AvgIpc) is 2.94. The summed E-state index contributed by atoms with van der Waals surface area (Å²) in [6.45, 7) is 0. The number of carbonyl (C=O) groups is 1. The van der Waals surface area contributed by atoms with Crippen molar-refractivity contribution < 1.29 is 13.6 Å². The van der Waals surface area contributed by atoms with Gasteiger partial charge >= 0.3 is 0 Å². The largest absolute Gasteiger partial charge is 0.446 e. The number of hydrogen-bond acceptors (Lipinski definition) is 2. The van der Waals surface area contributed by atoms with Gasteiger partial charge in [0, 0.05) is 17.1 Å². The Kier molecular flexibility index (Phi) is 2.56. The van der Waals surface area contributed by atoms with Gasteiger partial charge in [0.05, 0.1) is 5.56 Å². The second-order valence-electron chi connectivity index (χ2n) is 3.83. The lowest BCUT2D eigenvalue weighted by Crippen LogP contribution is -1.97. The monoisotopic (exact) mass is 307 g/mol. The van der Waals surface area contributed by atoms with Crippen LogP contribution in [-0.2, 0) is 0 Å². The normalized spacial score (nSPS) is 11.0. The van der Waals surface area contributed by atoms with Crippen LogP contribution in [0.15, 0.2) is 45.6 Å². The molecule has 3 rings (SSSR count). The first-order valence-electron chi connectivity index (χ1n) is 5.22. The summed E-state index contributed by atoms with van der Waals surface area (Å²) in [5, 5.41) is 0.675. The zero-order valence-electron chi connectivity index (χ0n) is 9.04. The number of aromatic nitrogens is 1. The lowest BCUT2D eigenvalue weighted by Gasteiger charge is -1.95. The highest BCUT2D eigenvalue weighted by molar-refractivity contribution is 9.10. The van der Waals surface area contributed by atoms with Gasteiger partial charge in [-0.2, -0.15) is 0 Å². The maximum Gasteiger partial charge on any atom is 0.230 e. The molecule has 0 aliphatic heterocycles. The lowest BCUT2D eigenvalue weighted by molar-refractivity contribution is 0.101. The van der Waals surface area contributed by atoms with Crippen molar-refractivity contribution in [2.45, 2.75) is 0 Å². The number of fused-ring (bicyclic) bond motifs is 1. The molecule has 5 heteroatoms. The Labute approximate surface area is 110 Å². The predicted molar refractivity (Wildman–Crippen MR) is 68.1 cm³/mol. The zero-order chi connectivity index (χ0) is 12.7. The fourth-order valence-electron chi connectivity index (χ4n) is 1.86. The van der Waals surface area contributed by atoms with Crippen molar-refractivity contribution in [2.75, 3.05) is 0 Å². The van der Waals surface area contributed by atoms with E-state index >= 15 is 0 Å². The van der Waals surface area contributed by atoms with Crippen LogP contribution in [0.2, 0.25) is 0 Å². The third-order valence-electron chi connectivity index (χ3n) is 2.69. The molecule has 0 unspecified atom stereocenters. The Hall–Kier alpha value is -1.88. The molecule has 1 aromatic carbocycles. The molecule has 0 radical (unpaired) electrons. The van der Waals surface area contributed by atoms with E-state index in [0.717, 1.165) is 0 Å². The van der Waals surface area contributed by atoms with E-state index in [4.69, 9.17) is 4.42 Å². The molecular formula is C13H7BrFNO2. The molecule has 2 heterocycles. The molecule has 3 nitrogen and oxygen atoms in total. The van der Waals surface area contributed by atoms with Gasteiger partial charge in [-0.3, -0.25) is 4.79 Å². The van der Waals surface area contributed by atoms with Gasteiger partial charge in [-0.05, 0) is 46.3 Å². The van der Waals surface area contributed by atoms with E-state index in [-0.39, 0.29) is 17.4 Å². The number of rotatable bonds is 2. The molecule has 0 aliphatic carbocycles. The van der Waals surface area contributed by atoms with Crippen molar-refractivity contribution >= 4 is 32.6 Å². The van der Waals surface area contributed by atoms with Crippen molar-refractivity contribution in [3.8, 4) is 0 Å². The third kappa shape index (κ3) is 1.76. The van der Waals surface area contributed by atoms with E-state index in [2.05, 4.69) is 20.9 Å². The molecule has 18 heavy (non-hydrogen) atoms. The van der Waals surface area contributed by atoms with Crippen LogP contribution in [0, 0.1) is 5.82 Å². The zero-order valence-corrected chi connectivity index (χ0v) is 10.6. The quantitative estimate of drug-likeness (QED) is 0.730. The van der Waals surface area contributed by atoms with Crippen molar-refractivity contribution in [3.63, 3.8) is 0 Å². The number of furan rings is 1. The van der Waals surface area contributed by atoms with E-state index < -0.39 is 0 Å². The Morgan fingerprint density at radius 3 is 2.83 bits per heavy atom. The number of halogens is 2. The van der Waals surface area contributed by atoms with Crippen LogP contribution in [0.25, 0.3) is 10.9 Å². The van der Waals surface area contributed by atoms with Crippen LogP contribution < -0.4 is 0 Å². The van der Waals surface area contributed by atoms with Crippen molar-refractivity contribution in [2.24, 2.45) is 0 Å². The number of nitrogens with one attached hydrogen (secondary N) is 1. The standard InChI is InChI=1S/C13H7BrFNO2/c14-12-4-3-11(18-12)13(17)9-6-16-10-5-7(15)1-2-8(9)10/h1-6,16H. The van der Waals surface area contributed by atoms with E-state index in [9.17, 15) is 9.18 Å². The number of H-pyrrole nitrogens is 1. The predicted octanol–water partition coefficient (Wildman–Crippen LogP) is 3.89. The second-order valence-corrected chi connectivity index (χ2v) is 4.61. The number of hydrogen-bond donors (Lipinski definition) is 1. The summed E-state index contributed by atoms with van der Waals surface area (Å²) in [5.74, 6) is -0.338. The highest BCUT2D eigenvalue weighted by Crippen LogP contribution is 2.23. The van der Waals surface area contributed by atoms with E-state index in [1.165, 1.54) is 12.1 Å². The Morgan fingerprint density at radius 1 is 1.28 bits per heavy atom. The molecule has 0 saturated carbocycles. The van der Waals surface area contributed by atoms with Crippen molar-refractivity contribution in [1.29, 1.82) is 0 Å². The summed E-state index contributed by atoms with van der Waals surface area (Å²) < 4.78 is 18.8. The van der Waals surface area contributed by atoms with Gasteiger partial charge in [0.1, 0.15) is 5.82 Å². The number of ketones is 1. The summed E-state index contributed by atoms with van der Waals surface area (Å²) in [6.07, 6.45) is 1.56. The Balaban J connectivity index is 2.12. The second kappa shape index (κ2) is 4.10. The van der Waals surface area contributed by atoms with Crippen molar-refractivity contribution in [1.82, 2.24) is 4.98 Å². The first kappa shape index (κ1) is 11.2. The number of carbonyl (C=O) groups excluding carboxylic acids is 1. The van der Waals surface area contributed by atoms with Crippen LogP contribution in [0.3, 0.4) is 0 Å². The van der Waals surface area contributed by atoms with Gasteiger partial charge in [-0.25, -0.2) is 4.39 Å². The summed E-state index contributed by atoms with van der Waals surface area (Å²) >= 11 is 3.15. The summed E-state index contributed by atoms with van der Waals surface area (Å²) in [6, 6.07) is 7.50. The molecule has 0 bridgehead atoms. The highest BCUT2D eigenvalue weighted by atomic mass is 79.9. The topological polar surface area (TPSA) is 46.0 Å². The first-order chi connectivity index (χ1) is 8.65. The van der Waals surface area contributed by atoms with Gasteiger partial charge < -0.3 is 9.40 Å². The SMILES string of the molecule is O=C(c1ccc(Br)o1)c1c[nH]c2cc(F)ccc12. The Morgan fingerprint density at radius 2 is 2.11 bits per heavy atom. The number of aromatic amines is 1. The summed E-state index contributed by atoms with van der Waals surface area (Å²) in [4.78, 5) is 15.1.